The van der Waals surface area contributed by atoms with E-state index in [0.29, 0.717) is 6.61 Å². The molecule has 1 aromatic rings. The minimum atomic E-state index is -0.359. The maximum atomic E-state index is 11.1. The van der Waals surface area contributed by atoms with Crippen LogP contribution in [0.5, 0.6) is 0 Å². The van der Waals surface area contributed by atoms with Gasteiger partial charge >= 0.3 is 6.09 Å². The van der Waals surface area contributed by atoms with E-state index in [2.05, 4.69) is 4.72 Å². The van der Waals surface area contributed by atoms with Gasteiger partial charge in [0.2, 0.25) is 0 Å². The largest absolute Gasteiger partial charge is 0.449 e. The highest BCUT2D eigenvalue weighted by atomic mass is 32.2. The van der Waals surface area contributed by atoms with Gasteiger partial charge in [0.15, 0.2) is 0 Å². The van der Waals surface area contributed by atoms with E-state index in [0.717, 1.165) is 5.56 Å². The molecular formula is C10H14NO2S+. The predicted octanol–water partition coefficient (Wildman–Crippen LogP) is 1.71. The van der Waals surface area contributed by atoms with E-state index in [9.17, 15) is 4.79 Å². The van der Waals surface area contributed by atoms with E-state index in [1.165, 1.54) is 0 Å². The molecule has 1 aromatic carbocycles. The van der Waals surface area contributed by atoms with Gasteiger partial charge in [-0.05, 0) is 5.56 Å². The van der Waals surface area contributed by atoms with Crippen LogP contribution in [0.25, 0.3) is 0 Å². The van der Waals surface area contributed by atoms with Crippen molar-refractivity contribution in [2.45, 2.75) is 6.61 Å². The zero-order valence-electron chi connectivity index (χ0n) is 8.32. The summed E-state index contributed by atoms with van der Waals surface area (Å²) in [6, 6.07) is 9.61. The molecule has 0 saturated carbocycles. The van der Waals surface area contributed by atoms with E-state index in [4.69, 9.17) is 4.74 Å². The van der Waals surface area contributed by atoms with Gasteiger partial charge in [-0.15, -0.1) is 4.72 Å². The lowest BCUT2D eigenvalue weighted by Gasteiger charge is -2.03. The number of hydrogen-bond donors (Lipinski definition) is 1. The van der Waals surface area contributed by atoms with Gasteiger partial charge in [0, 0.05) is 0 Å². The van der Waals surface area contributed by atoms with E-state index in [1.807, 2.05) is 42.8 Å². The first-order valence-electron chi connectivity index (χ1n) is 4.23. The highest BCUT2D eigenvalue weighted by Gasteiger charge is 2.09. The maximum Gasteiger partial charge on any atom is 0.449 e. The average molecular weight is 212 g/mol. The molecule has 14 heavy (non-hydrogen) atoms. The number of carbonyl (C=O) groups is 1. The Hall–Kier alpha value is -1.16. The van der Waals surface area contributed by atoms with Crippen molar-refractivity contribution >= 4 is 17.2 Å². The molecule has 0 spiro atoms. The van der Waals surface area contributed by atoms with Crippen molar-refractivity contribution in [2.24, 2.45) is 0 Å². The number of amides is 1. The number of hydrogen-bond acceptors (Lipinski definition) is 2. The summed E-state index contributed by atoms with van der Waals surface area (Å²) in [7, 11) is 0. The summed E-state index contributed by atoms with van der Waals surface area (Å²) in [4.78, 5) is 11.1. The van der Waals surface area contributed by atoms with Crippen molar-refractivity contribution < 1.29 is 9.53 Å². The molecule has 3 nitrogen and oxygen atoms in total. The Morgan fingerprint density at radius 3 is 2.57 bits per heavy atom. The lowest BCUT2D eigenvalue weighted by Crippen LogP contribution is -2.29. The van der Waals surface area contributed by atoms with E-state index >= 15 is 0 Å². The van der Waals surface area contributed by atoms with Crippen LogP contribution >= 0.6 is 0 Å². The minimum Gasteiger partial charge on any atom is -0.442 e. The second-order valence-electron chi connectivity index (χ2n) is 2.98. The molecule has 76 valence electrons. The van der Waals surface area contributed by atoms with E-state index in [1.54, 1.807) is 0 Å². The smallest absolute Gasteiger partial charge is 0.442 e. The molecule has 0 bridgehead atoms. The molecule has 0 aliphatic rings. The van der Waals surface area contributed by atoms with E-state index < -0.39 is 0 Å². The standard InChI is InChI=1S/C10H13NO2S/c1-14(2)11-10(12)13-8-9-6-4-3-5-7-9/h3-7H,8H2,1-2H3/p+1. The first-order valence-corrected chi connectivity index (χ1v) is 6.27. The molecule has 0 aliphatic heterocycles. The lowest BCUT2D eigenvalue weighted by molar-refractivity contribution is 0.146. The number of ether oxygens (including phenoxy) is 1. The fourth-order valence-corrected chi connectivity index (χ4v) is 1.31. The molecule has 0 saturated heterocycles. The number of nitrogens with one attached hydrogen (secondary N) is 1. The molecule has 1 N–H and O–H groups in total. The molecule has 0 heterocycles. The van der Waals surface area contributed by atoms with Crippen LogP contribution in [-0.2, 0) is 22.4 Å². The number of benzene rings is 1. The van der Waals surface area contributed by atoms with Gasteiger partial charge in [-0.3, -0.25) is 0 Å². The van der Waals surface area contributed by atoms with Gasteiger partial charge in [-0.1, -0.05) is 30.3 Å². The monoisotopic (exact) mass is 212 g/mol. The van der Waals surface area contributed by atoms with Gasteiger partial charge in [0.05, 0.1) is 11.1 Å². The highest BCUT2D eigenvalue weighted by Crippen LogP contribution is 2.00. The Morgan fingerprint density at radius 2 is 2.00 bits per heavy atom. The first kappa shape index (κ1) is 10.9. The summed E-state index contributed by atoms with van der Waals surface area (Å²) in [5.41, 5.74) is 0.995. The third kappa shape index (κ3) is 4.18. The van der Waals surface area contributed by atoms with Crippen molar-refractivity contribution in [3.8, 4) is 0 Å². The zero-order valence-corrected chi connectivity index (χ0v) is 9.14. The molecule has 4 heteroatoms. The van der Waals surface area contributed by atoms with Crippen LogP contribution < -0.4 is 4.72 Å². The SMILES string of the molecule is C[S+](C)NC(=O)OCc1ccccc1. The Kier molecular flexibility index (Phi) is 4.32. The molecule has 0 atom stereocenters. The van der Waals surface area contributed by atoms with E-state index in [-0.39, 0.29) is 17.2 Å². The molecule has 0 unspecified atom stereocenters. The molecule has 1 amide bonds. The molecule has 1 rings (SSSR count). The fourth-order valence-electron chi connectivity index (χ4n) is 0.919. The van der Waals surface area contributed by atoms with Crippen molar-refractivity contribution in [1.82, 2.24) is 4.72 Å². The lowest BCUT2D eigenvalue weighted by atomic mass is 10.2. The van der Waals surface area contributed by atoms with Gasteiger partial charge < -0.3 is 4.74 Å². The number of carbonyl (C=O) groups excluding carboxylic acids is 1. The fraction of sp³-hybridized carbons (Fsp3) is 0.300. The van der Waals surface area contributed by atoms with Crippen LogP contribution in [-0.4, -0.2) is 18.6 Å². The third-order valence-electron chi connectivity index (χ3n) is 1.50. The van der Waals surface area contributed by atoms with Gasteiger partial charge in [0.1, 0.15) is 19.1 Å². The minimum absolute atomic E-state index is 0.128. The summed E-state index contributed by atoms with van der Waals surface area (Å²) < 4.78 is 7.68. The highest BCUT2D eigenvalue weighted by molar-refractivity contribution is 7.94. The summed E-state index contributed by atoms with van der Waals surface area (Å²) in [6.07, 6.45) is 3.48. The Balaban J connectivity index is 2.31. The van der Waals surface area contributed by atoms with Gasteiger partial charge in [-0.25, -0.2) is 4.79 Å². The van der Waals surface area contributed by atoms with Crippen molar-refractivity contribution in [3.05, 3.63) is 35.9 Å². The Morgan fingerprint density at radius 1 is 1.36 bits per heavy atom. The molecule has 0 aromatic heterocycles. The summed E-state index contributed by atoms with van der Waals surface area (Å²) in [6.45, 7) is 0.323. The van der Waals surface area contributed by atoms with Crippen molar-refractivity contribution in [2.75, 3.05) is 12.5 Å². The quantitative estimate of drug-likeness (QED) is 0.774. The second kappa shape index (κ2) is 5.54. The molecule has 0 aliphatic carbocycles. The molecule has 0 radical (unpaired) electrons. The molecular weight excluding hydrogens is 198 g/mol. The summed E-state index contributed by atoms with van der Waals surface area (Å²) in [5, 5.41) is 0. The van der Waals surface area contributed by atoms with Crippen LogP contribution in [0.15, 0.2) is 30.3 Å². The Labute approximate surface area is 86.9 Å². The van der Waals surface area contributed by atoms with Crippen molar-refractivity contribution in [1.29, 1.82) is 0 Å². The number of rotatable bonds is 3. The van der Waals surface area contributed by atoms with Crippen LogP contribution in [0.3, 0.4) is 0 Å². The summed E-state index contributed by atoms with van der Waals surface area (Å²) >= 11 is -0.128. The van der Waals surface area contributed by atoms with Crippen LogP contribution in [0.4, 0.5) is 4.79 Å². The predicted molar refractivity (Wildman–Crippen MR) is 59.0 cm³/mol. The first-order chi connectivity index (χ1) is 6.68. The average Bonchev–Trinajstić information content (AvgIpc) is 2.15. The van der Waals surface area contributed by atoms with Crippen LogP contribution in [0.1, 0.15) is 5.56 Å². The second-order valence-corrected chi connectivity index (χ2v) is 4.82. The molecule has 0 fully saturated rings. The Bertz CT molecular complexity index is 287. The van der Waals surface area contributed by atoms with Crippen LogP contribution in [0, 0.1) is 0 Å². The van der Waals surface area contributed by atoms with Crippen LogP contribution in [0.2, 0.25) is 0 Å². The maximum absolute atomic E-state index is 11.1. The topological polar surface area (TPSA) is 38.3 Å². The third-order valence-corrected chi connectivity index (χ3v) is 2.08. The van der Waals surface area contributed by atoms with Gasteiger partial charge in [-0.2, -0.15) is 0 Å². The normalized spacial score (nSPS) is 9.93. The summed E-state index contributed by atoms with van der Waals surface area (Å²) in [5.74, 6) is 0. The van der Waals surface area contributed by atoms with Crippen molar-refractivity contribution in [3.63, 3.8) is 0 Å². The zero-order chi connectivity index (χ0) is 10.4. The van der Waals surface area contributed by atoms with Gasteiger partial charge in [0.25, 0.3) is 0 Å².